The monoisotopic (exact) mass is 454 g/mol. The second-order valence-electron chi connectivity index (χ2n) is 7.97. The van der Waals surface area contributed by atoms with E-state index in [1.807, 2.05) is 19.1 Å². The molecule has 1 heterocycles. The molecule has 0 atom stereocenters. The Labute approximate surface area is 195 Å². The van der Waals surface area contributed by atoms with Gasteiger partial charge < -0.3 is 18.6 Å². The van der Waals surface area contributed by atoms with Crippen LogP contribution in [0.5, 0.6) is 17.2 Å². The van der Waals surface area contributed by atoms with Gasteiger partial charge in [-0.25, -0.2) is 4.79 Å². The van der Waals surface area contributed by atoms with E-state index in [2.05, 4.69) is 32.9 Å². The van der Waals surface area contributed by atoms with Crippen molar-refractivity contribution in [1.82, 2.24) is 0 Å². The van der Waals surface area contributed by atoms with Gasteiger partial charge in [0.15, 0.2) is 17.1 Å². The second-order valence-corrected chi connectivity index (χ2v) is 7.97. The van der Waals surface area contributed by atoms with Crippen molar-refractivity contribution in [1.29, 1.82) is 0 Å². The third-order valence-corrected chi connectivity index (χ3v) is 4.75. The average molecular weight is 455 g/mol. The quantitative estimate of drug-likeness (QED) is 0.119. The Bertz CT molecular complexity index is 1080. The normalized spacial score (nSPS) is 11.6. The van der Waals surface area contributed by atoms with Crippen molar-refractivity contribution in [3.63, 3.8) is 0 Å². The molecule has 0 saturated carbocycles. The van der Waals surface area contributed by atoms with Crippen LogP contribution >= 0.6 is 0 Å². The molecule has 0 aliphatic heterocycles. The molecule has 0 aliphatic rings. The summed E-state index contributed by atoms with van der Waals surface area (Å²) in [6.07, 6.45) is 11.7. The zero-order chi connectivity index (χ0) is 24.2. The molecule has 178 valence electrons. The van der Waals surface area contributed by atoms with Crippen LogP contribution in [0.1, 0.15) is 60.3 Å². The lowest BCUT2D eigenvalue weighted by atomic mass is 10.1. The van der Waals surface area contributed by atoms with Crippen molar-refractivity contribution in [2.75, 3.05) is 13.2 Å². The molecule has 1 aromatic carbocycles. The molecule has 0 aliphatic carbocycles. The maximum absolute atomic E-state index is 12.8. The first-order chi connectivity index (χ1) is 15.8. The minimum absolute atomic E-state index is 0.00953. The van der Waals surface area contributed by atoms with Crippen LogP contribution in [0.4, 0.5) is 0 Å². The summed E-state index contributed by atoms with van der Waals surface area (Å²) in [4.78, 5) is 24.3. The Balaban J connectivity index is 2.34. The Morgan fingerprint density at radius 3 is 2.48 bits per heavy atom. The fraction of sp³-hybridized carbons (Fsp3) is 0.407. The van der Waals surface area contributed by atoms with Gasteiger partial charge in [0.2, 0.25) is 5.75 Å². The van der Waals surface area contributed by atoms with Crippen molar-refractivity contribution < 1.29 is 23.4 Å². The van der Waals surface area contributed by atoms with Gasteiger partial charge >= 0.3 is 11.6 Å². The molecular weight excluding hydrogens is 420 g/mol. The summed E-state index contributed by atoms with van der Waals surface area (Å²) >= 11 is 0. The predicted molar refractivity (Wildman–Crippen MR) is 131 cm³/mol. The van der Waals surface area contributed by atoms with Crippen LogP contribution in [0.15, 0.2) is 62.9 Å². The molecule has 33 heavy (non-hydrogen) atoms. The predicted octanol–water partition coefficient (Wildman–Crippen LogP) is 6.52. The highest BCUT2D eigenvalue weighted by Gasteiger charge is 2.20. The molecular formula is C27H34O6. The van der Waals surface area contributed by atoms with Crippen molar-refractivity contribution in [2.45, 2.75) is 60.3 Å². The lowest BCUT2D eigenvalue weighted by Gasteiger charge is -2.14. The first kappa shape index (κ1) is 26.0. The van der Waals surface area contributed by atoms with E-state index in [9.17, 15) is 9.59 Å². The number of fused-ring (bicyclic) bond motifs is 1. The summed E-state index contributed by atoms with van der Waals surface area (Å²) in [5, 5.41) is 0.507. The summed E-state index contributed by atoms with van der Waals surface area (Å²) in [6, 6.07) is 5.02. The van der Waals surface area contributed by atoms with E-state index in [1.54, 1.807) is 18.2 Å². The van der Waals surface area contributed by atoms with Gasteiger partial charge in [-0.2, -0.15) is 0 Å². The second kappa shape index (κ2) is 13.3. The highest BCUT2D eigenvalue weighted by atomic mass is 16.5. The Morgan fingerprint density at radius 2 is 1.79 bits per heavy atom. The zero-order valence-corrected chi connectivity index (χ0v) is 20.2. The van der Waals surface area contributed by atoms with Crippen molar-refractivity contribution >= 4 is 16.9 Å². The van der Waals surface area contributed by atoms with Gasteiger partial charge in [-0.15, -0.1) is 0 Å². The number of ether oxygens (including phenoxy) is 3. The number of allylic oxidation sites excluding steroid dienone is 4. The number of hydrogen-bond acceptors (Lipinski definition) is 6. The molecule has 0 saturated heterocycles. The third-order valence-electron chi connectivity index (χ3n) is 4.75. The fourth-order valence-electron chi connectivity index (χ4n) is 3.13. The Morgan fingerprint density at radius 1 is 1.00 bits per heavy atom. The number of rotatable bonds is 12. The van der Waals surface area contributed by atoms with Crippen LogP contribution in [0.2, 0.25) is 0 Å². The van der Waals surface area contributed by atoms with Gasteiger partial charge in [-0.3, -0.25) is 4.79 Å². The summed E-state index contributed by atoms with van der Waals surface area (Å²) in [5.41, 5.74) is 1.92. The fourth-order valence-corrected chi connectivity index (χ4v) is 3.13. The Hall–Kier alpha value is -3.28. The lowest BCUT2D eigenvalue weighted by molar-refractivity contribution is -0.131. The highest BCUT2D eigenvalue weighted by molar-refractivity contribution is 5.91. The molecule has 2 aromatic rings. The smallest absolute Gasteiger partial charge is 0.383 e. The minimum Gasteiger partial charge on any atom is -0.488 e. The third kappa shape index (κ3) is 8.29. The molecule has 1 aromatic heterocycles. The number of esters is 1. The number of benzene rings is 1. The average Bonchev–Trinajstić information content (AvgIpc) is 2.75. The van der Waals surface area contributed by atoms with Gasteiger partial charge in [0, 0.05) is 6.92 Å². The van der Waals surface area contributed by atoms with Crippen molar-refractivity contribution in [2.24, 2.45) is 0 Å². The van der Waals surface area contributed by atoms with E-state index in [0.717, 1.165) is 19.3 Å². The molecule has 0 spiro atoms. The van der Waals surface area contributed by atoms with Gasteiger partial charge in [0.05, 0.1) is 12.0 Å². The van der Waals surface area contributed by atoms with E-state index in [4.69, 9.17) is 18.6 Å². The summed E-state index contributed by atoms with van der Waals surface area (Å²) in [7, 11) is 0. The molecule has 0 radical (unpaired) electrons. The van der Waals surface area contributed by atoms with E-state index in [0.29, 0.717) is 18.4 Å². The summed E-state index contributed by atoms with van der Waals surface area (Å²) in [5.74, 6) is -0.0493. The first-order valence-corrected chi connectivity index (χ1v) is 11.3. The number of hydrogen-bond donors (Lipinski definition) is 0. The maximum Gasteiger partial charge on any atom is 0.383 e. The molecule has 0 fully saturated rings. The van der Waals surface area contributed by atoms with E-state index in [1.165, 1.54) is 18.1 Å². The molecule has 6 nitrogen and oxygen atoms in total. The molecule has 0 N–H and O–H groups in total. The van der Waals surface area contributed by atoms with E-state index < -0.39 is 11.6 Å². The molecule has 6 heteroatoms. The molecule has 0 unspecified atom stereocenters. The minimum atomic E-state index is -0.684. The van der Waals surface area contributed by atoms with Crippen LogP contribution in [-0.2, 0) is 4.79 Å². The van der Waals surface area contributed by atoms with E-state index >= 15 is 0 Å². The van der Waals surface area contributed by atoms with Gasteiger partial charge in [0.1, 0.15) is 6.61 Å². The highest BCUT2D eigenvalue weighted by Crippen LogP contribution is 2.37. The van der Waals surface area contributed by atoms with Crippen LogP contribution in [0, 0.1) is 0 Å². The molecule has 0 amide bonds. The van der Waals surface area contributed by atoms with Gasteiger partial charge in [-0.1, -0.05) is 42.4 Å². The standard InChI is InChI=1S/C27H34O6/c1-6-7-8-9-17-30-25-22-14-11-15-23(32-21(5)28)24(22)33-27(29)26(25)31-18-16-20(4)13-10-12-19(2)3/h7-8,11-12,14-16H,6,9-10,13,17-18H2,1-5H3/b8-7+,20-16+. The summed E-state index contributed by atoms with van der Waals surface area (Å²) < 4.78 is 22.5. The number of para-hydroxylation sites is 1. The zero-order valence-electron chi connectivity index (χ0n) is 20.2. The SMILES string of the molecule is CC/C=C/CCOc1c(OC/C=C(\C)CCC=C(C)C)c(=O)oc2c(OC(C)=O)cccc12. The van der Waals surface area contributed by atoms with Crippen molar-refractivity contribution in [3.05, 3.63) is 64.1 Å². The number of carbonyl (C=O) groups is 1. The molecule has 0 bridgehead atoms. The largest absolute Gasteiger partial charge is 0.488 e. The topological polar surface area (TPSA) is 75.0 Å². The molecule has 2 rings (SSSR count). The van der Waals surface area contributed by atoms with Gasteiger partial charge in [0.25, 0.3) is 0 Å². The summed E-state index contributed by atoms with van der Waals surface area (Å²) in [6.45, 7) is 10.1. The van der Waals surface area contributed by atoms with Crippen molar-refractivity contribution in [3.8, 4) is 17.2 Å². The van der Waals surface area contributed by atoms with Crippen LogP contribution in [0.3, 0.4) is 0 Å². The lowest BCUT2D eigenvalue weighted by Crippen LogP contribution is -2.12. The first-order valence-electron chi connectivity index (χ1n) is 11.3. The van der Waals surface area contributed by atoms with Crippen LogP contribution in [-0.4, -0.2) is 19.2 Å². The van der Waals surface area contributed by atoms with Gasteiger partial charge in [-0.05, 0) is 64.7 Å². The Kier molecular flexibility index (Phi) is 10.5. The number of carbonyl (C=O) groups excluding carboxylic acids is 1. The van der Waals surface area contributed by atoms with E-state index in [-0.39, 0.29) is 29.4 Å². The maximum atomic E-state index is 12.8. The van der Waals surface area contributed by atoms with Crippen LogP contribution < -0.4 is 19.8 Å². The van der Waals surface area contributed by atoms with Crippen LogP contribution in [0.25, 0.3) is 11.0 Å².